The summed E-state index contributed by atoms with van der Waals surface area (Å²) >= 11 is 0. The van der Waals surface area contributed by atoms with E-state index in [4.69, 9.17) is 14.2 Å². The molecular weight excluding hydrogens is 308 g/mol. The normalized spacial score (nSPS) is 27.1. The van der Waals surface area contributed by atoms with Crippen LogP contribution in [0.15, 0.2) is 60.7 Å². The van der Waals surface area contributed by atoms with Crippen LogP contribution in [0.2, 0.25) is 0 Å². The summed E-state index contributed by atoms with van der Waals surface area (Å²) in [6, 6.07) is 19.3. The van der Waals surface area contributed by atoms with Crippen molar-refractivity contribution in [1.29, 1.82) is 0 Å². The molecule has 2 N–H and O–H groups in total. The second-order valence-electron chi connectivity index (χ2n) is 5.81. The van der Waals surface area contributed by atoms with Crippen molar-refractivity contribution in [2.45, 2.75) is 37.8 Å². The zero-order chi connectivity index (χ0) is 16.8. The molecule has 1 unspecified atom stereocenters. The number of ether oxygens (including phenoxy) is 3. The van der Waals surface area contributed by atoms with Crippen LogP contribution in [0.4, 0.5) is 0 Å². The van der Waals surface area contributed by atoms with E-state index in [0.717, 1.165) is 11.1 Å². The van der Waals surface area contributed by atoms with E-state index in [2.05, 4.69) is 0 Å². The minimum Gasteiger partial charge on any atom is -0.387 e. The van der Waals surface area contributed by atoms with Crippen LogP contribution in [0.25, 0.3) is 0 Å². The molecule has 0 amide bonds. The first-order chi connectivity index (χ1) is 11.7. The molecule has 128 valence electrons. The Balaban J connectivity index is 1.55. The summed E-state index contributed by atoms with van der Waals surface area (Å²) in [7, 11) is 0. The Labute approximate surface area is 141 Å². The summed E-state index contributed by atoms with van der Waals surface area (Å²) in [5.41, 5.74) is 1.97. The molecule has 4 atom stereocenters. The average Bonchev–Trinajstić information content (AvgIpc) is 2.63. The van der Waals surface area contributed by atoms with E-state index in [1.807, 2.05) is 60.7 Å². The first-order valence-electron chi connectivity index (χ1n) is 8.03. The summed E-state index contributed by atoms with van der Waals surface area (Å²) in [5, 5.41) is 20.4. The van der Waals surface area contributed by atoms with E-state index in [9.17, 15) is 10.2 Å². The number of hydrogen-bond donors (Lipinski definition) is 2. The summed E-state index contributed by atoms with van der Waals surface area (Å²) in [6.45, 7) is 0.780. The molecule has 5 nitrogen and oxygen atoms in total. The molecule has 0 bridgehead atoms. The van der Waals surface area contributed by atoms with Crippen molar-refractivity contribution in [3.8, 4) is 0 Å². The third-order valence-corrected chi connectivity index (χ3v) is 4.02. The number of aliphatic hydroxyl groups excluding tert-OH is 2. The van der Waals surface area contributed by atoms with Gasteiger partial charge in [0, 0.05) is 0 Å². The molecule has 0 radical (unpaired) electrons. The molecule has 1 fully saturated rings. The van der Waals surface area contributed by atoms with E-state index in [0.29, 0.717) is 6.61 Å². The molecule has 0 aromatic heterocycles. The predicted octanol–water partition coefficient (Wildman–Crippen LogP) is 1.87. The van der Waals surface area contributed by atoms with Gasteiger partial charge in [0.15, 0.2) is 6.29 Å². The van der Waals surface area contributed by atoms with Gasteiger partial charge in [-0.1, -0.05) is 60.7 Å². The Morgan fingerprint density at radius 1 is 0.833 bits per heavy atom. The van der Waals surface area contributed by atoms with Crippen molar-refractivity contribution in [1.82, 2.24) is 0 Å². The van der Waals surface area contributed by atoms with Gasteiger partial charge in [0.25, 0.3) is 0 Å². The highest BCUT2D eigenvalue weighted by Crippen LogP contribution is 2.21. The van der Waals surface area contributed by atoms with Gasteiger partial charge in [-0.25, -0.2) is 0 Å². The van der Waals surface area contributed by atoms with E-state index >= 15 is 0 Å². The van der Waals surface area contributed by atoms with Crippen LogP contribution in [0.3, 0.4) is 0 Å². The Morgan fingerprint density at radius 3 is 1.96 bits per heavy atom. The van der Waals surface area contributed by atoms with Crippen molar-refractivity contribution in [2.24, 2.45) is 0 Å². The molecule has 1 saturated heterocycles. The molecule has 1 aliphatic rings. The van der Waals surface area contributed by atoms with Crippen LogP contribution in [-0.2, 0) is 27.4 Å². The monoisotopic (exact) mass is 330 g/mol. The Hall–Kier alpha value is -1.76. The predicted molar refractivity (Wildman–Crippen MR) is 88.0 cm³/mol. The number of aliphatic hydroxyl groups is 2. The molecule has 0 aliphatic carbocycles. The average molecular weight is 330 g/mol. The molecule has 24 heavy (non-hydrogen) atoms. The summed E-state index contributed by atoms with van der Waals surface area (Å²) < 4.78 is 16.7. The van der Waals surface area contributed by atoms with Gasteiger partial charge < -0.3 is 24.4 Å². The van der Waals surface area contributed by atoms with Gasteiger partial charge in [-0.3, -0.25) is 0 Å². The van der Waals surface area contributed by atoms with Crippen LogP contribution in [-0.4, -0.2) is 41.4 Å². The van der Waals surface area contributed by atoms with Crippen molar-refractivity contribution in [3.05, 3.63) is 71.8 Å². The molecular formula is C19H22O5. The largest absolute Gasteiger partial charge is 0.387 e. The SMILES string of the molecule is OC1OC[C@@H](OCc2ccccc2)[C@H](O)[C@H]1OCc1ccccc1. The molecule has 2 aromatic rings. The fourth-order valence-corrected chi connectivity index (χ4v) is 2.64. The number of rotatable bonds is 6. The number of hydrogen-bond acceptors (Lipinski definition) is 5. The lowest BCUT2D eigenvalue weighted by Crippen LogP contribution is -2.54. The summed E-state index contributed by atoms with van der Waals surface area (Å²) in [5.74, 6) is 0. The van der Waals surface area contributed by atoms with E-state index in [1.165, 1.54) is 0 Å². The highest BCUT2D eigenvalue weighted by atomic mass is 16.7. The van der Waals surface area contributed by atoms with Crippen LogP contribution >= 0.6 is 0 Å². The van der Waals surface area contributed by atoms with Gasteiger partial charge >= 0.3 is 0 Å². The Kier molecular flexibility index (Phi) is 5.96. The maximum atomic E-state index is 10.5. The highest BCUT2D eigenvalue weighted by Gasteiger charge is 2.40. The quantitative estimate of drug-likeness (QED) is 0.846. The van der Waals surface area contributed by atoms with Gasteiger partial charge in [-0.2, -0.15) is 0 Å². The molecule has 1 aliphatic heterocycles. The van der Waals surface area contributed by atoms with E-state index in [1.54, 1.807) is 0 Å². The first-order valence-corrected chi connectivity index (χ1v) is 8.03. The van der Waals surface area contributed by atoms with Gasteiger partial charge in [0.1, 0.15) is 18.3 Å². The van der Waals surface area contributed by atoms with E-state index < -0.39 is 24.6 Å². The maximum Gasteiger partial charge on any atom is 0.183 e. The lowest BCUT2D eigenvalue weighted by Gasteiger charge is -2.37. The van der Waals surface area contributed by atoms with Crippen molar-refractivity contribution in [2.75, 3.05) is 6.61 Å². The standard InChI is InChI=1S/C19H22O5/c20-17-16(22-11-14-7-3-1-4-8-14)13-24-19(21)18(17)23-12-15-9-5-2-6-10-15/h1-10,16-21H,11-13H2/t16-,17+,18-,19?/m1/s1. The van der Waals surface area contributed by atoms with Gasteiger partial charge in [-0.15, -0.1) is 0 Å². The first kappa shape index (κ1) is 17.1. The fourth-order valence-electron chi connectivity index (χ4n) is 2.64. The second kappa shape index (κ2) is 8.37. The topological polar surface area (TPSA) is 68.2 Å². The van der Waals surface area contributed by atoms with Gasteiger partial charge in [-0.05, 0) is 11.1 Å². The lowest BCUT2D eigenvalue weighted by molar-refractivity contribution is -0.276. The second-order valence-corrected chi connectivity index (χ2v) is 5.81. The van der Waals surface area contributed by atoms with E-state index in [-0.39, 0.29) is 13.2 Å². The van der Waals surface area contributed by atoms with Crippen LogP contribution in [0, 0.1) is 0 Å². The Morgan fingerprint density at radius 2 is 1.38 bits per heavy atom. The zero-order valence-electron chi connectivity index (χ0n) is 13.3. The van der Waals surface area contributed by atoms with Crippen molar-refractivity contribution in [3.63, 3.8) is 0 Å². The van der Waals surface area contributed by atoms with Crippen molar-refractivity contribution < 1.29 is 24.4 Å². The highest BCUT2D eigenvalue weighted by molar-refractivity contribution is 5.14. The molecule has 2 aromatic carbocycles. The summed E-state index contributed by atoms with van der Waals surface area (Å²) in [6.07, 6.45) is -3.52. The van der Waals surface area contributed by atoms with Crippen LogP contribution in [0.5, 0.6) is 0 Å². The van der Waals surface area contributed by atoms with Crippen LogP contribution < -0.4 is 0 Å². The third-order valence-electron chi connectivity index (χ3n) is 4.02. The van der Waals surface area contributed by atoms with Gasteiger partial charge in [0.2, 0.25) is 0 Å². The minimum atomic E-state index is -1.17. The van der Waals surface area contributed by atoms with Gasteiger partial charge in [0.05, 0.1) is 19.8 Å². The molecule has 1 heterocycles. The minimum absolute atomic E-state index is 0.125. The third kappa shape index (κ3) is 4.41. The lowest BCUT2D eigenvalue weighted by atomic mass is 10.0. The van der Waals surface area contributed by atoms with Crippen molar-refractivity contribution >= 4 is 0 Å². The smallest absolute Gasteiger partial charge is 0.183 e. The molecule has 0 spiro atoms. The fraction of sp³-hybridized carbons (Fsp3) is 0.368. The molecule has 5 heteroatoms. The van der Waals surface area contributed by atoms with Crippen LogP contribution in [0.1, 0.15) is 11.1 Å². The number of benzene rings is 2. The zero-order valence-corrected chi connectivity index (χ0v) is 13.3. The maximum absolute atomic E-state index is 10.5. The Bertz CT molecular complexity index is 604. The molecule has 3 rings (SSSR count). The summed E-state index contributed by atoms with van der Waals surface area (Å²) in [4.78, 5) is 0. The molecule has 0 saturated carbocycles.